The van der Waals surface area contributed by atoms with Gasteiger partial charge in [-0.15, -0.1) is 0 Å². The first-order valence-electron chi connectivity index (χ1n) is 10.6. The van der Waals surface area contributed by atoms with Gasteiger partial charge in [0, 0.05) is 47.5 Å². The lowest BCUT2D eigenvalue weighted by molar-refractivity contribution is 0.0178. The van der Waals surface area contributed by atoms with Gasteiger partial charge in [-0.2, -0.15) is 0 Å². The van der Waals surface area contributed by atoms with Crippen LogP contribution in [0, 0.1) is 5.41 Å². The molecule has 0 aromatic heterocycles. The van der Waals surface area contributed by atoms with E-state index in [1.165, 1.54) is 0 Å². The minimum Gasteiger partial charge on any atom is -0.399 e. The summed E-state index contributed by atoms with van der Waals surface area (Å²) in [6.07, 6.45) is 3.13. The number of nitrogens with zero attached hydrogens (tertiary/aromatic N) is 1. The highest BCUT2D eigenvalue weighted by atomic mass is 32.2. The zero-order chi connectivity index (χ0) is 21.2. The lowest BCUT2D eigenvalue weighted by Crippen LogP contribution is -2.41. The molecule has 2 aromatic rings. The first kappa shape index (κ1) is 21.8. The molecule has 0 fully saturated rings. The summed E-state index contributed by atoms with van der Waals surface area (Å²) in [7, 11) is 2.84. The number of rotatable bonds is 6. The smallest absolute Gasteiger partial charge is 0.0714 e. The summed E-state index contributed by atoms with van der Waals surface area (Å²) >= 11 is 0. The molecule has 0 spiro atoms. The first-order valence-corrected chi connectivity index (χ1v) is 11.9. The van der Waals surface area contributed by atoms with Gasteiger partial charge in [-0.3, -0.25) is 4.21 Å². The fourth-order valence-electron chi connectivity index (χ4n) is 4.56. The Morgan fingerprint density at radius 1 is 1.21 bits per heavy atom. The highest BCUT2D eigenvalue weighted by Gasteiger charge is 2.46. The summed E-state index contributed by atoms with van der Waals surface area (Å²) in [5, 5.41) is 11.8. The minimum absolute atomic E-state index is 0.253. The van der Waals surface area contributed by atoms with Crippen molar-refractivity contribution >= 4 is 22.2 Å². The van der Waals surface area contributed by atoms with Gasteiger partial charge in [0.15, 0.2) is 0 Å². The number of hydrogen-bond acceptors (Lipinski definition) is 4. The molecule has 5 heteroatoms. The second kappa shape index (κ2) is 8.88. The molecule has 4 atom stereocenters. The van der Waals surface area contributed by atoms with Crippen LogP contribution in [0.3, 0.4) is 0 Å². The van der Waals surface area contributed by atoms with Crippen LogP contribution in [0.4, 0.5) is 11.4 Å². The van der Waals surface area contributed by atoms with Crippen molar-refractivity contribution in [2.75, 3.05) is 30.5 Å². The van der Waals surface area contributed by atoms with Crippen LogP contribution < -0.4 is 10.6 Å². The Labute approximate surface area is 177 Å². The van der Waals surface area contributed by atoms with Crippen LogP contribution in [-0.2, 0) is 10.8 Å². The van der Waals surface area contributed by atoms with E-state index in [2.05, 4.69) is 19.9 Å². The summed E-state index contributed by atoms with van der Waals surface area (Å²) in [5.41, 5.74) is 9.39. The van der Waals surface area contributed by atoms with E-state index < -0.39 is 16.9 Å². The van der Waals surface area contributed by atoms with Gasteiger partial charge in [0.05, 0.1) is 16.9 Å². The van der Waals surface area contributed by atoms with E-state index in [0.29, 0.717) is 11.4 Å². The summed E-state index contributed by atoms with van der Waals surface area (Å²) < 4.78 is 13.5. The van der Waals surface area contributed by atoms with Crippen LogP contribution in [0.2, 0.25) is 0 Å². The number of fused-ring (bicyclic) bond motifs is 1. The molecule has 158 valence electrons. The average molecular weight is 415 g/mol. The van der Waals surface area contributed by atoms with E-state index in [9.17, 15) is 9.32 Å². The van der Waals surface area contributed by atoms with E-state index in [1.807, 2.05) is 55.4 Å². The van der Waals surface area contributed by atoms with Crippen LogP contribution in [0.25, 0.3) is 0 Å². The standard InChI is InChI=1S/C24H34N2O2S/c1-5-7-13-24(6-2)16-29(28)21-12-11-19(26(3)4)15-20(21)22(23(24)27)17-9-8-10-18(25)14-17/h8-12,14-15,22-23,27H,5-7,13,16,25H2,1-4H3. The fraction of sp³-hybridized carbons (Fsp3) is 0.500. The minimum atomic E-state index is -1.16. The number of nitrogens with two attached hydrogens (primary N) is 1. The second-order valence-corrected chi connectivity index (χ2v) is 9.94. The molecule has 4 unspecified atom stereocenters. The predicted molar refractivity (Wildman–Crippen MR) is 123 cm³/mol. The molecule has 4 nitrogen and oxygen atoms in total. The third-order valence-corrected chi connectivity index (χ3v) is 8.15. The molecular weight excluding hydrogens is 380 g/mol. The van der Waals surface area contributed by atoms with Crippen molar-refractivity contribution in [1.82, 2.24) is 0 Å². The number of unbranched alkanes of at least 4 members (excludes halogenated alkanes) is 1. The number of aliphatic hydroxyl groups excluding tert-OH is 1. The van der Waals surface area contributed by atoms with Crippen molar-refractivity contribution in [1.29, 1.82) is 0 Å². The molecule has 1 aliphatic heterocycles. The summed E-state index contributed by atoms with van der Waals surface area (Å²) in [6, 6.07) is 13.9. The average Bonchev–Trinajstić information content (AvgIpc) is 2.79. The van der Waals surface area contributed by atoms with Crippen molar-refractivity contribution in [2.24, 2.45) is 5.41 Å². The maximum atomic E-state index is 13.5. The van der Waals surface area contributed by atoms with Gasteiger partial charge in [-0.25, -0.2) is 0 Å². The molecular formula is C24H34N2O2S. The Bertz CT molecular complexity index is 883. The molecule has 29 heavy (non-hydrogen) atoms. The summed E-state index contributed by atoms with van der Waals surface area (Å²) in [6.45, 7) is 4.28. The van der Waals surface area contributed by atoms with Crippen LogP contribution in [0.5, 0.6) is 0 Å². The third kappa shape index (κ3) is 4.22. The van der Waals surface area contributed by atoms with Gasteiger partial charge in [-0.05, 0) is 54.3 Å². The van der Waals surface area contributed by atoms with Gasteiger partial charge in [0.1, 0.15) is 0 Å². The Morgan fingerprint density at radius 3 is 2.59 bits per heavy atom. The van der Waals surface area contributed by atoms with Gasteiger partial charge < -0.3 is 15.7 Å². The van der Waals surface area contributed by atoms with Crippen molar-refractivity contribution in [3.8, 4) is 0 Å². The molecule has 0 amide bonds. The molecule has 0 saturated carbocycles. The lowest BCUT2D eigenvalue weighted by Gasteiger charge is -2.39. The van der Waals surface area contributed by atoms with Crippen molar-refractivity contribution in [3.05, 3.63) is 53.6 Å². The number of aliphatic hydroxyl groups is 1. The molecule has 3 N–H and O–H groups in total. The monoisotopic (exact) mass is 414 g/mol. The topological polar surface area (TPSA) is 66.6 Å². The fourth-order valence-corrected chi connectivity index (χ4v) is 6.43. The third-order valence-electron chi connectivity index (χ3n) is 6.45. The largest absolute Gasteiger partial charge is 0.399 e. The zero-order valence-electron chi connectivity index (χ0n) is 18.0. The maximum absolute atomic E-state index is 13.5. The predicted octanol–water partition coefficient (Wildman–Crippen LogP) is 4.54. The van der Waals surface area contributed by atoms with E-state index in [4.69, 9.17) is 5.73 Å². The van der Waals surface area contributed by atoms with E-state index in [1.54, 1.807) is 0 Å². The summed E-state index contributed by atoms with van der Waals surface area (Å²) in [5.74, 6) is 0.245. The molecule has 3 rings (SSSR count). The van der Waals surface area contributed by atoms with Crippen LogP contribution in [0.1, 0.15) is 56.6 Å². The molecule has 0 bridgehead atoms. The molecule has 0 aliphatic carbocycles. The number of anilines is 2. The molecule has 0 saturated heterocycles. The molecule has 2 aromatic carbocycles. The highest BCUT2D eigenvalue weighted by Crippen LogP contribution is 2.48. The first-order chi connectivity index (χ1) is 13.8. The van der Waals surface area contributed by atoms with Crippen LogP contribution in [-0.4, -0.2) is 35.3 Å². The van der Waals surface area contributed by atoms with E-state index in [-0.39, 0.29) is 11.3 Å². The summed E-state index contributed by atoms with van der Waals surface area (Å²) in [4.78, 5) is 2.88. The SMILES string of the molecule is CCCCC1(CC)CS(=O)c2ccc(N(C)C)cc2C(c2cccc(N)c2)C1O. The zero-order valence-corrected chi connectivity index (χ0v) is 18.8. The Balaban J connectivity index is 2.25. The van der Waals surface area contributed by atoms with Gasteiger partial charge in [-0.1, -0.05) is 38.8 Å². The Hall–Kier alpha value is -1.85. The van der Waals surface area contributed by atoms with Gasteiger partial charge in [0.25, 0.3) is 0 Å². The molecule has 1 aliphatic rings. The molecule has 1 heterocycles. The quantitative estimate of drug-likeness (QED) is 0.681. The van der Waals surface area contributed by atoms with Crippen molar-refractivity contribution in [2.45, 2.75) is 56.4 Å². The maximum Gasteiger partial charge on any atom is 0.0714 e. The van der Waals surface area contributed by atoms with Gasteiger partial charge in [0.2, 0.25) is 0 Å². The Morgan fingerprint density at radius 2 is 1.97 bits per heavy atom. The van der Waals surface area contributed by atoms with E-state index >= 15 is 0 Å². The normalized spacial score (nSPS) is 26.6. The number of hydrogen-bond donors (Lipinski definition) is 2. The Kier molecular flexibility index (Phi) is 6.69. The highest BCUT2D eigenvalue weighted by molar-refractivity contribution is 7.85. The molecule has 0 radical (unpaired) electrons. The van der Waals surface area contributed by atoms with Crippen molar-refractivity contribution < 1.29 is 9.32 Å². The lowest BCUT2D eigenvalue weighted by atomic mass is 9.69. The van der Waals surface area contributed by atoms with E-state index in [0.717, 1.165) is 47.4 Å². The van der Waals surface area contributed by atoms with Crippen molar-refractivity contribution in [3.63, 3.8) is 0 Å². The number of nitrogen functional groups attached to an aromatic ring is 1. The van der Waals surface area contributed by atoms with Crippen LogP contribution >= 0.6 is 0 Å². The van der Waals surface area contributed by atoms with Gasteiger partial charge >= 0.3 is 0 Å². The number of benzene rings is 2. The second-order valence-electron chi connectivity index (χ2n) is 8.52. The van der Waals surface area contributed by atoms with Crippen LogP contribution in [0.15, 0.2) is 47.4 Å².